The number of hydrogen-bond acceptors (Lipinski definition) is 5. The number of nitrogens with zero attached hydrogens (tertiary/aromatic N) is 4. The van der Waals surface area contributed by atoms with Crippen LogP contribution in [0.1, 0.15) is 49.0 Å². The Morgan fingerprint density at radius 2 is 1.83 bits per heavy atom. The Kier molecular flexibility index (Phi) is 6.50. The maximum absolute atomic E-state index is 12.4. The van der Waals surface area contributed by atoms with Gasteiger partial charge in [-0.3, -0.25) is 14.5 Å². The lowest BCUT2D eigenvalue weighted by Gasteiger charge is -2.43. The molecule has 3 aliphatic rings. The first kappa shape index (κ1) is 20.3. The quantitative estimate of drug-likeness (QED) is 0.736. The third-order valence-electron chi connectivity index (χ3n) is 6.42. The van der Waals surface area contributed by atoms with E-state index in [9.17, 15) is 9.59 Å². The first-order valence-electron chi connectivity index (χ1n) is 11.0. The average Bonchev–Trinajstić information content (AvgIpc) is 3.51. The molecule has 1 aromatic heterocycles. The van der Waals surface area contributed by atoms with E-state index in [2.05, 4.69) is 20.1 Å². The Morgan fingerprint density at radius 3 is 2.45 bits per heavy atom. The molecule has 29 heavy (non-hydrogen) atoms. The van der Waals surface area contributed by atoms with Crippen LogP contribution >= 0.6 is 0 Å². The van der Waals surface area contributed by atoms with Crippen molar-refractivity contribution in [2.45, 2.75) is 50.6 Å². The fraction of sp³-hybridized carbons (Fsp3) is 0.762. The zero-order chi connectivity index (χ0) is 20.2. The van der Waals surface area contributed by atoms with Gasteiger partial charge >= 0.3 is 0 Å². The second-order valence-corrected chi connectivity index (χ2v) is 8.59. The third-order valence-corrected chi connectivity index (χ3v) is 6.42. The molecule has 2 aliphatic heterocycles. The van der Waals surface area contributed by atoms with Crippen LogP contribution in [0.4, 0.5) is 0 Å². The molecule has 3 heterocycles. The van der Waals surface area contributed by atoms with Gasteiger partial charge in [0.1, 0.15) is 5.69 Å². The fourth-order valence-corrected chi connectivity index (χ4v) is 4.61. The molecule has 0 spiro atoms. The highest BCUT2D eigenvalue weighted by Gasteiger charge is 2.37. The van der Waals surface area contributed by atoms with E-state index in [1.165, 1.54) is 0 Å². The van der Waals surface area contributed by atoms with E-state index in [4.69, 9.17) is 4.74 Å². The molecule has 4 rings (SSSR count). The molecule has 2 saturated heterocycles. The number of hydrogen-bond donors (Lipinski definition) is 1. The summed E-state index contributed by atoms with van der Waals surface area (Å²) in [6, 6.07) is 0.958. The van der Waals surface area contributed by atoms with Crippen molar-refractivity contribution in [3.63, 3.8) is 0 Å². The summed E-state index contributed by atoms with van der Waals surface area (Å²) in [4.78, 5) is 33.4. The Hall–Kier alpha value is -1.93. The van der Waals surface area contributed by atoms with Gasteiger partial charge in [-0.1, -0.05) is 0 Å². The largest absolute Gasteiger partial charge is 0.381 e. The zero-order valence-electron chi connectivity index (χ0n) is 17.4. The SMILES string of the molecule is Cn1cnc(C(=O)NCCN(C2CCOCC2)C2CCN(C(=O)C3CC3)CC2)c1. The first-order valence-corrected chi connectivity index (χ1v) is 11.0. The Morgan fingerprint density at radius 1 is 1.14 bits per heavy atom. The van der Waals surface area contributed by atoms with E-state index in [0.29, 0.717) is 36.1 Å². The van der Waals surface area contributed by atoms with Crippen molar-refractivity contribution in [1.82, 2.24) is 24.7 Å². The van der Waals surface area contributed by atoms with Crippen LogP contribution < -0.4 is 5.32 Å². The average molecular weight is 404 g/mol. The van der Waals surface area contributed by atoms with Gasteiger partial charge in [0.25, 0.3) is 5.91 Å². The lowest BCUT2D eigenvalue weighted by Crippen LogP contribution is -2.53. The van der Waals surface area contributed by atoms with E-state index in [1.807, 2.05) is 7.05 Å². The molecule has 1 aromatic rings. The number of piperidine rings is 1. The number of carbonyl (C=O) groups is 2. The Balaban J connectivity index is 1.31. The number of carbonyl (C=O) groups excluding carboxylic acids is 2. The third kappa shape index (κ3) is 5.17. The number of likely N-dealkylation sites (tertiary alicyclic amines) is 1. The van der Waals surface area contributed by atoms with Gasteiger partial charge in [-0.05, 0) is 38.5 Å². The van der Waals surface area contributed by atoms with E-state index >= 15 is 0 Å². The number of aromatic nitrogens is 2. The molecule has 8 nitrogen and oxygen atoms in total. The summed E-state index contributed by atoms with van der Waals surface area (Å²) in [5.74, 6) is 0.547. The predicted octanol–water partition coefficient (Wildman–Crippen LogP) is 1.03. The van der Waals surface area contributed by atoms with Crippen LogP contribution in [0, 0.1) is 5.92 Å². The van der Waals surface area contributed by atoms with Crippen LogP contribution in [0.2, 0.25) is 0 Å². The molecule has 8 heteroatoms. The maximum Gasteiger partial charge on any atom is 0.271 e. The van der Waals surface area contributed by atoms with Gasteiger partial charge in [-0.15, -0.1) is 0 Å². The minimum Gasteiger partial charge on any atom is -0.381 e. The van der Waals surface area contributed by atoms with Crippen molar-refractivity contribution < 1.29 is 14.3 Å². The Bertz CT molecular complexity index is 703. The molecule has 1 N–H and O–H groups in total. The maximum atomic E-state index is 12.4. The van der Waals surface area contributed by atoms with Crippen molar-refractivity contribution in [2.24, 2.45) is 13.0 Å². The fourth-order valence-electron chi connectivity index (χ4n) is 4.61. The van der Waals surface area contributed by atoms with Crippen molar-refractivity contribution in [1.29, 1.82) is 0 Å². The predicted molar refractivity (Wildman–Crippen MR) is 108 cm³/mol. The molecule has 0 atom stereocenters. The van der Waals surface area contributed by atoms with E-state index in [0.717, 1.165) is 71.4 Å². The van der Waals surface area contributed by atoms with E-state index < -0.39 is 0 Å². The molecule has 0 radical (unpaired) electrons. The number of ether oxygens (including phenoxy) is 1. The number of rotatable bonds is 7. The van der Waals surface area contributed by atoms with E-state index in [-0.39, 0.29) is 5.91 Å². The van der Waals surface area contributed by atoms with Crippen LogP contribution in [-0.2, 0) is 16.6 Å². The molecular formula is C21H33N5O3. The van der Waals surface area contributed by atoms with Gasteiger partial charge in [-0.2, -0.15) is 0 Å². The second kappa shape index (κ2) is 9.26. The molecule has 0 bridgehead atoms. The zero-order valence-corrected chi connectivity index (χ0v) is 17.4. The molecule has 0 aromatic carbocycles. The van der Waals surface area contributed by atoms with E-state index in [1.54, 1.807) is 17.1 Å². The highest BCUT2D eigenvalue weighted by atomic mass is 16.5. The van der Waals surface area contributed by atoms with Crippen LogP contribution in [0.25, 0.3) is 0 Å². The van der Waals surface area contributed by atoms with Crippen LogP contribution in [0.5, 0.6) is 0 Å². The molecule has 1 saturated carbocycles. The summed E-state index contributed by atoms with van der Waals surface area (Å²) in [7, 11) is 1.86. The Labute approximate surface area is 172 Å². The number of nitrogens with one attached hydrogen (secondary N) is 1. The first-order chi connectivity index (χ1) is 14.1. The highest BCUT2D eigenvalue weighted by molar-refractivity contribution is 5.91. The number of aryl methyl sites for hydroxylation is 1. The summed E-state index contributed by atoms with van der Waals surface area (Å²) in [6.45, 7) is 4.76. The van der Waals surface area contributed by atoms with Gasteiger partial charge in [0, 0.05) is 70.6 Å². The molecule has 160 valence electrons. The van der Waals surface area contributed by atoms with Gasteiger partial charge in [0.2, 0.25) is 5.91 Å². The van der Waals surface area contributed by atoms with Gasteiger partial charge < -0.3 is 19.5 Å². The van der Waals surface area contributed by atoms with Crippen LogP contribution in [0.3, 0.4) is 0 Å². The van der Waals surface area contributed by atoms with Gasteiger partial charge in [0.15, 0.2) is 0 Å². The topological polar surface area (TPSA) is 79.7 Å². The van der Waals surface area contributed by atoms with Crippen molar-refractivity contribution in [3.8, 4) is 0 Å². The number of imidazole rings is 1. The van der Waals surface area contributed by atoms with Gasteiger partial charge in [-0.25, -0.2) is 4.98 Å². The molecular weight excluding hydrogens is 370 g/mol. The van der Waals surface area contributed by atoms with Crippen LogP contribution in [-0.4, -0.2) is 82.6 Å². The number of amides is 2. The highest BCUT2D eigenvalue weighted by Crippen LogP contribution is 2.32. The minimum absolute atomic E-state index is 0.123. The smallest absolute Gasteiger partial charge is 0.271 e. The monoisotopic (exact) mass is 403 g/mol. The molecule has 2 amide bonds. The summed E-state index contributed by atoms with van der Waals surface area (Å²) in [6.07, 6.45) is 9.63. The second-order valence-electron chi connectivity index (χ2n) is 8.59. The lowest BCUT2D eigenvalue weighted by atomic mass is 9.97. The summed E-state index contributed by atoms with van der Waals surface area (Å²) < 4.78 is 7.34. The normalized spacial score (nSPS) is 21.5. The summed E-state index contributed by atoms with van der Waals surface area (Å²) in [5, 5.41) is 3.02. The molecule has 1 aliphatic carbocycles. The molecule has 3 fully saturated rings. The lowest BCUT2D eigenvalue weighted by molar-refractivity contribution is -0.134. The minimum atomic E-state index is -0.123. The summed E-state index contributed by atoms with van der Waals surface area (Å²) >= 11 is 0. The standard InChI is InChI=1S/C21H33N5O3/c1-24-14-19(23-15-24)20(27)22-8-11-26(18-6-12-29-13-7-18)17-4-9-25(10-5-17)21(28)16-2-3-16/h14-18H,2-13H2,1H3,(H,22,27). The molecule has 0 unspecified atom stereocenters. The van der Waals surface area contributed by atoms with Crippen LogP contribution in [0.15, 0.2) is 12.5 Å². The van der Waals surface area contributed by atoms with Crippen molar-refractivity contribution in [3.05, 3.63) is 18.2 Å². The van der Waals surface area contributed by atoms with Crippen molar-refractivity contribution >= 4 is 11.8 Å². The van der Waals surface area contributed by atoms with Crippen molar-refractivity contribution in [2.75, 3.05) is 39.4 Å². The van der Waals surface area contributed by atoms with Gasteiger partial charge in [0.05, 0.1) is 6.33 Å². The summed E-state index contributed by atoms with van der Waals surface area (Å²) in [5.41, 5.74) is 0.456.